The molecule has 0 fully saturated rings. The van der Waals surface area contributed by atoms with Gasteiger partial charge in [-0.2, -0.15) is 0 Å². The molecule has 3 aromatic carbocycles. The number of benzene rings is 3. The Labute approximate surface area is 132 Å². The van der Waals surface area contributed by atoms with Gasteiger partial charge >= 0.3 is 7.37 Å². The van der Waals surface area contributed by atoms with Crippen LogP contribution in [0.5, 0.6) is 5.75 Å². The van der Waals surface area contributed by atoms with Gasteiger partial charge in [0.05, 0.1) is 10.6 Å². The standard InChI is InChI=1S/C18H13F2O2P/c19-15-10-4-6-12-17(15)23(21,18-13-7-5-11-16(18)20)22-14-8-2-1-3-9-14/h1-13H. The monoisotopic (exact) mass is 330 g/mol. The number of hydrogen-bond acceptors (Lipinski definition) is 2. The predicted molar refractivity (Wildman–Crippen MR) is 86.7 cm³/mol. The number of rotatable bonds is 4. The number of halogens is 2. The van der Waals surface area contributed by atoms with E-state index in [2.05, 4.69) is 0 Å². The molecule has 0 saturated heterocycles. The topological polar surface area (TPSA) is 26.3 Å². The van der Waals surface area contributed by atoms with Gasteiger partial charge in [0.25, 0.3) is 0 Å². The Balaban J connectivity index is 2.20. The van der Waals surface area contributed by atoms with Crippen LogP contribution in [0.3, 0.4) is 0 Å². The summed E-state index contributed by atoms with van der Waals surface area (Å²) in [5, 5.41) is -0.317. The van der Waals surface area contributed by atoms with Gasteiger partial charge in [0.1, 0.15) is 17.4 Å². The quantitative estimate of drug-likeness (QED) is 0.668. The molecule has 0 aliphatic heterocycles. The molecule has 0 aliphatic rings. The minimum atomic E-state index is -3.97. The van der Waals surface area contributed by atoms with Crippen molar-refractivity contribution >= 4 is 18.0 Å². The van der Waals surface area contributed by atoms with Crippen molar-refractivity contribution in [2.24, 2.45) is 0 Å². The van der Waals surface area contributed by atoms with Gasteiger partial charge in [-0.1, -0.05) is 42.5 Å². The molecule has 0 bridgehead atoms. The van der Waals surface area contributed by atoms with Gasteiger partial charge in [-0.15, -0.1) is 0 Å². The molecule has 5 heteroatoms. The van der Waals surface area contributed by atoms with Gasteiger partial charge < -0.3 is 4.52 Å². The van der Waals surface area contributed by atoms with Crippen molar-refractivity contribution < 1.29 is 17.9 Å². The number of hydrogen-bond donors (Lipinski definition) is 0. The summed E-state index contributed by atoms with van der Waals surface area (Å²) in [5.74, 6) is -1.12. The maximum Gasteiger partial charge on any atom is 0.312 e. The number of para-hydroxylation sites is 1. The summed E-state index contributed by atoms with van der Waals surface area (Å²) in [6.45, 7) is 0. The summed E-state index contributed by atoms with van der Waals surface area (Å²) in [7, 11) is -3.97. The van der Waals surface area contributed by atoms with E-state index in [0.717, 1.165) is 0 Å². The smallest absolute Gasteiger partial charge is 0.312 e. The molecule has 0 radical (unpaired) electrons. The molecule has 0 N–H and O–H groups in total. The van der Waals surface area contributed by atoms with E-state index in [-0.39, 0.29) is 16.4 Å². The van der Waals surface area contributed by atoms with Gasteiger partial charge in [-0.25, -0.2) is 8.78 Å². The zero-order chi connectivity index (χ0) is 16.3. The molecule has 0 heterocycles. The zero-order valence-corrected chi connectivity index (χ0v) is 12.9. The van der Waals surface area contributed by atoms with E-state index in [1.807, 2.05) is 0 Å². The van der Waals surface area contributed by atoms with Gasteiger partial charge in [0.2, 0.25) is 0 Å². The van der Waals surface area contributed by atoms with E-state index in [0.29, 0.717) is 0 Å². The molecule has 2 nitrogen and oxygen atoms in total. The van der Waals surface area contributed by atoms with E-state index in [1.165, 1.54) is 36.4 Å². The summed E-state index contributed by atoms with van der Waals surface area (Å²) in [4.78, 5) is 0. The molecule has 3 aromatic rings. The van der Waals surface area contributed by atoms with Crippen LogP contribution in [0.4, 0.5) is 8.78 Å². The predicted octanol–water partition coefficient (Wildman–Crippen LogP) is 4.27. The minimum absolute atomic E-state index is 0.158. The van der Waals surface area contributed by atoms with Gasteiger partial charge in [0, 0.05) is 0 Å². The van der Waals surface area contributed by atoms with Crippen molar-refractivity contribution in [2.45, 2.75) is 0 Å². The highest BCUT2D eigenvalue weighted by Crippen LogP contribution is 2.46. The molecule has 0 amide bonds. The van der Waals surface area contributed by atoms with Crippen molar-refractivity contribution in [3.8, 4) is 5.75 Å². The van der Waals surface area contributed by atoms with E-state index < -0.39 is 19.0 Å². The first-order valence-corrected chi connectivity index (χ1v) is 8.58. The first kappa shape index (κ1) is 15.4. The van der Waals surface area contributed by atoms with Crippen LogP contribution in [-0.4, -0.2) is 0 Å². The largest absolute Gasteiger partial charge is 0.437 e. The third-order valence-corrected chi connectivity index (χ3v) is 5.78. The van der Waals surface area contributed by atoms with Crippen LogP contribution in [0.25, 0.3) is 0 Å². The second-order valence-electron chi connectivity index (χ2n) is 4.86. The van der Waals surface area contributed by atoms with Crippen molar-refractivity contribution in [1.29, 1.82) is 0 Å². The molecule has 0 spiro atoms. The normalized spacial score (nSPS) is 11.2. The molecule has 23 heavy (non-hydrogen) atoms. The van der Waals surface area contributed by atoms with Gasteiger partial charge in [-0.05, 0) is 36.4 Å². The Morgan fingerprint density at radius 2 is 1.09 bits per heavy atom. The van der Waals surface area contributed by atoms with Crippen molar-refractivity contribution in [3.63, 3.8) is 0 Å². The fraction of sp³-hybridized carbons (Fsp3) is 0. The summed E-state index contributed by atoms with van der Waals surface area (Å²) >= 11 is 0. The molecule has 0 unspecified atom stereocenters. The zero-order valence-electron chi connectivity index (χ0n) is 12.0. The van der Waals surface area contributed by atoms with Crippen LogP contribution in [0.15, 0.2) is 78.9 Å². The molecule has 3 rings (SSSR count). The molecule has 0 atom stereocenters. The van der Waals surface area contributed by atoms with Gasteiger partial charge in [-0.3, -0.25) is 4.57 Å². The maximum absolute atomic E-state index is 14.2. The van der Waals surface area contributed by atoms with E-state index in [4.69, 9.17) is 4.52 Å². The second-order valence-corrected chi connectivity index (χ2v) is 7.11. The first-order chi connectivity index (χ1) is 11.1. The lowest BCUT2D eigenvalue weighted by atomic mass is 10.3. The SMILES string of the molecule is O=P(Oc1ccccc1)(c1ccccc1F)c1ccccc1F. The highest BCUT2D eigenvalue weighted by atomic mass is 31.2. The fourth-order valence-corrected chi connectivity index (χ4v) is 4.39. The molecule has 0 aliphatic carbocycles. The van der Waals surface area contributed by atoms with Crippen LogP contribution in [0.2, 0.25) is 0 Å². The van der Waals surface area contributed by atoms with E-state index in [1.54, 1.807) is 42.5 Å². The maximum atomic E-state index is 14.2. The third kappa shape index (κ3) is 3.03. The molecular formula is C18H13F2O2P. The van der Waals surface area contributed by atoms with Gasteiger partial charge in [0.15, 0.2) is 0 Å². The highest BCUT2D eigenvalue weighted by molar-refractivity contribution is 7.74. The lowest BCUT2D eigenvalue weighted by Gasteiger charge is -2.21. The molecular weight excluding hydrogens is 317 g/mol. The average Bonchev–Trinajstić information content (AvgIpc) is 2.56. The Morgan fingerprint density at radius 3 is 1.57 bits per heavy atom. The Hall–Kier alpha value is -2.45. The summed E-state index contributed by atoms with van der Waals surface area (Å²) in [6.07, 6.45) is 0. The molecule has 0 saturated carbocycles. The third-order valence-electron chi connectivity index (χ3n) is 3.32. The van der Waals surface area contributed by atoms with Crippen LogP contribution < -0.4 is 15.1 Å². The fourth-order valence-electron chi connectivity index (χ4n) is 2.24. The lowest BCUT2D eigenvalue weighted by Crippen LogP contribution is -2.24. The highest BCUT2D eigenvalue weighted by Gasteiger charge is 2.35. The van der Waals surface area contributed by atoms with E-state index >= 15 is 0 Å². The molecule has 0 aromatic heterocycles. The summed E-state index contributed by atoms with van der Waals surface area (Å²) in [5.41, 5.74) is 0. The lowest BCUT2D eigenvalue weighted by molar-refractivity contribution is 0.498. The van der Waals surface area contributed by atoms with Crippen LogP contribution in [-0.2, 0) is 4.57 Å². The summed E-state index contributed by atoms with van der Waals surface area (Å²) < 4.78 is 47.6. The van der Waals surface area contributed by atoms with Crippen molar-refractivity contribution in [1.82, 2.24) is 0 Å². The molecule has 116 valence electrons. The first-order valence-electron chi connectivity index (χ1n) is 6.96. The summed E-state index contributed by atoms with van der Waals surface area (Å²) in [6, 6.07) is 19.4. The minimum Gasteiger partial charge on any atom is -0.437 e. The van der Waals surface area contributed by atoms with Crippen molar-refractivity contribution in [2.75, 3.05) is 0 Å². The van der Waals surface area contributed by atoms with Crippen molar-refractivity contribution in [3.05, 3.63) is 90.5 Å². The Bertz CT molecular complexity index is 816. The Kier molecular flexibility index (Phi) is 4.26. The second kappa shape index (κ2) is 6.35. The Morgan fingerprint density at radius 1 is 0.652 bits per heavy atom. The van der Waals surface area contributed by atoms with Crippen LogP contribution in [0.1, 0.15) is 0 Å². The van der Waals surface area contributed by atoms with Crippen LogP contribution in [0, 0.1) is 11.6 Å². The van der Waals surface area contributed by atoms with Crippen LogP contribution >= 0.6 is 7.37 Å². The average molecular weight is 330 g/mol. The van der Waals surface area contributed by atoms with E-state index in [9.17, 15) is 13.3 Å².